The Morgan fingerprint density at radius 3 is 2.66 bits per heavy atom. The number of carbonyl (C=O) groups is 2. The lowest BCUT2D eigenvalue weighted by molar-refractivity contribution is -0.389. The second-order valence-corrected chi connectivity index (χ2v) is 6.90. The van der Waals surface area contributed by atoms with Crippen molar-refractivity contribution in [2.24, 2.45) is 0 Å². The number of nitrogens with one attached hydrogen (secondary N) is 1. The Kier molecular flexibility index (Phi) is 5.10. The lowest BCUT2D eigenvalue weighted by Gasteiger charge is -2.38. The largest absolute Gasteiger partial charge is 0.495 e. The molecule has 1 atom stereocenters. The van der Waals surface area contributed by atoms with Gasteiger partial charge in [0.2, 0.25) is 5.91 Å². The van der Waals surface area contributed by atoms with Gasteiger partial charge in [-0.15, -0.1) is 0 Å². The zero-order valence-corrected chi connectivity index (χ0v) is 16.3. The fraction of sp³-hybridized carbons (Fsp3) is 0.316. The Bertz CT molecular complexity index is 990. The maximum absolute atomic E-state index is 13.0. The van der Waals surface area contributed by atoms with Gasteiger partial charge in [-0.2, -0.15) is 0 Å². The van der Waals surface area contributed by atoms with Gasteiger partial charge in [0, 0.05) is 6.07 Å². The van der Waals surface area contributed by atoms with Gasteiger partial charge in [0.15, 0.2) is 11.4 Å². The van der Waals surface area contributed by atoms with E-state index in [-0.39, 0.29) is 11.6 Å². The third-order valence-corrected chi connectivity index (χ3v) is 4.47. The monoisotopic (exact) mass is 400 g/mol. The van der Waals surface area contributed by atoms with Crippen LogP contribution in [0.3, 0.4) is 0 Å². The number of benzene rings is 1. The minimum Gasteiger partial charge on any atom is -0.495 e. The molecule has 1 unspecified atom stereocenters. The molecule has 2 aromatic rings. The molecule has 1 N–H and O–H groups in total. The van der Waals surface area contributed by atoms with Crippen LogP contribution in [0.2, 0.25) is 0 Å². The number of aromatic nitrogens is 1. The molecule has 2 heterocycles. The van der Waals surface area contributed by atoms with Gasteiger partial charge >= 0.3 is 5.82 Å². The third-order valence-electron chi connectivity index (χ3n) is 4.47. The van der Waals surface area contributed by atoms with Crippen molar-refractivity contribution in [1.82, 2.24) is 4.98 Å². The summed E-state index contributed by atoms with van der Waals surface area (Å²) >= 11 is 0. The second-order valence-electron chi connectivity index (χ2n) is 6.90. The van der Waals surface area contributed by atoms with Crippen molar-refractivity contribution in [3.05, 3.63) is 46.5 Å². The number of ether oxygens (including phenoxy) is 2. The average molecular weight is 400 g/mol. The predicted molar refractivity (Wildman–Crippen MR) is 104 cm³/mol. The Hall–Kier alpha value is -3.69. The molecular weight excluding hydrogens is 380 g/mol. The van der Waals surface area contributed by atoms with E-state index in [4.69, 9.17) is 9.47 Å². The molecule has 152 valence electrons. The van der Waals surface area contributed by atoms with Gasteiger partial charge in [-0.05, 0) is 48.9 Å². The molecule has 0 radical (unpaired) electrons. The van der Waals surface area contributed by atoms with Crippen molar-refractivity contribution in [2.75, 3.05) is 17.3 Å². The Morgan fingerprint density at radius 2 is 2.00 bits per heavy atom. The molecular formula is C19H20N4O6. The molecule has 1 aliphatic heterocycles. The number of nitro groups is 1. The van der Waals surface area contributed by atoms with Gasteiger partial charge in [-0.25, -0.2) is 0 Å². The number of fused-ring (bicyclic) bond motifs is 1. The molecule has 1 aliphatic rings. The summed E-state index contributed by atoms with van der Waals surface area (Å²) in [4.78, 5) is 41.4. The van der Waals surface area contributed by atoms with Crippen LogP contribution in [0.4, 0.5) is 17.3 Å². The van der Waals surface area contributed by atoms with Crippen molar-refractivity contribution >= 4 is 29.1 Å². The van der Waals surface area contributed by atoms with Crippen molar-refractivity contribution in [3.63, 3.8) is 0 Å². The highest BCUT2D eigenvalue weighted by Crippen LogP contribution is 2.39. The highest BCUT2D eigenvalue weighted by molar-refractivity contribution is 6.09. The number of carbonyl (C=O) groups excluding carboxylic acids is 2. The van der Waals surface area contributed by atoms with Crippen molar-refractivity contribution in [1.29, 1.82) is 0 Å². The summed E-state index contributed by atoms with van der Waals surface area (Å²) in [6, 6.07) is 8.35. The fourth-order valence-corrected chi connectivity index (χ4v) is 2.95. The smallest absolute Gasteiger partial charge is 0.366 e. The summed E-state index contributed by atoms with van der Waals surface area (Å²) in [6.45, 7) is 4.61. The number of rotatable bonds is 5. The van der Waals surface area contributed by atoms with Crippen LogP contribution in [-0.2, 0) is 9.59 Å². The second kappa shape index (κ2) is 7.38. The molecule has 10 nitrogen and oxygen atoms in total. The molecule has 0 spiro atoms. The summed E-state index contributed by atoms with van der Waals surface area (Å²) in [6.07, 6.45) is 0. The van der Waals surface area contributed by atoms with Gasteiger partial charge in [-0.1, -0.05) is 12.1 Å². The van der Waals surface area contributed by atoms with Crippen LogP contribution >= 0.6 is 0 Å². The quantitative estimate of drug-likeness (QED) is 0.604. The van der Waals surface area contributed by atoms with Crippen LogP contribution in [0.5, 0.6) is 11.5 Å². The Morgan fingerprint density at radius 1 is 1.31 bits per heavy atom. The first-order valence-electron chi connectivity index (χ1n) is 8.77. The van der Waals surface area contributed by atoms with Crippen molar-refractivity contribution in [3.8, 4) is 11.5 Å². The van der Waals surface area contributed by atoms with E-state index in [9.17, 15) is 19.7 Å². The molecule has 29 heavy (non-hydrogen) atoms. The number of amides is 2. The fourth-order valence-electron chi connectivity index (χ4n) is 2.95. The first kappa shape index (κ1) is 20.1. The first-order valence-corrected chi connectivity index (χ1v) is 8.77. The van der Waals surface area contributed by atoms with E-state index in [1.165, 1.54) is 26.2 Å². The van der Waals surface area contributed by atoms with Crippen molar-refractivity contribution in [2.45, 2.75) is 32.4 Å². The molecule has 0 aliphatic carbocycles. The van der Waals surface area contributed by atoms with Gasteiger partial charge in [-0.3, -0.25) is 14.5 Å². The summed E-state index contributed by atoms with van der Waals surface area (Å²) in [5.74, 6) is -0.957. The number of nitrogens with zero attached hydrogens (tertiary/aromatic N) is 3. The normalized spacial score (nSPS) is 15.7. The van der Waals surface area contributed by atoms with Crippen LogP contribution in [0.15, 0.2) is 36.4 Å². The zero-order valence-electron chi connectivity index (χ0n) is 16.3. The minimum atomic E-state index is -1.27. The maximum atomic E-state index is 13.0. The molecule has 1 aromatic heterocycles. The highest BCUT2D eigenvalue weighted by atomic mass is 16.6. The summed E-state index contributed by atoms with van der Waals surface area (Å²) in [7, 11) is 1.47. The Labute approximate surface area is 166 Å². The van der Waals surface area contributed by atoms with Gasteiger partial charge in [0.1, 0.15) is 11.8 Å². The van der Waals surface area contributed by atoms with E-state index < -0.39 is 34.2 Å². The van der Waals surface area contributed by atoms with Crippen molar-refractivity contribution < 1.29 is 24.0 Å². The molecule has 1 aromatic carbocycles. The molecule has 3 rings (SSSR count). The lowest BCUT2D eigenvalue weighted by Crippen LogP contribution is -2.58. The summed E-state index contributed by atoms with van der Waals surface area (Å²) < 4.78 is 10.9. The molecule has 2 amide bonds. The molecule has 0 fully saturated rings. The number of anilines is 2. The number of hydrogen-bond donors (Lipinski definition) is 1. The van der Waals surface area contributed by atoms with Crippen LogP contribution in [0.25, 0.3) is 0 Å². The standard InChI is InChI=1S/C19H20N4O6/c1-11(17(24)20-12-7-5-6-8-13(12)28-4)22-16-14(29-19(2,3)18(22)25)9-10-15(21-16)23(26)27/h5-11H,1-4H3,(H,20,24). The number of methoxy groups -OCH3 is 1. The summed E-state index contributed by atoms with van der Waals surface area (Å²) in [5.41, 5.74) is -0.844. The number of pyridine rings is 1. The average Bonchev–Trinajstić information content (AvgIpc) is 2.68. The number of hydrogen-bond acceptors (Lipinski definition) is 7. The molecule has 0 bridgehead atoms. The van der Waals surface area contributed by atoms with E-state index >= 15 is 0 Å². The predicted octanol–water partition coefficient (Wildman–Crippen LogP) is 2.53. The van der Waals surface area contributed by atoms with Gasteiger partial charge < -0.3 is 24.9 Å². The van der Waals surface area contributed by atoms with Gasteiger partial charge in [0.05, 0.1) is 12.8 Å². The molecule has 0 saturated heterocycles. The molecule has 0 saturated carbocycles. The minimum absolute atomic E-state index is 0.0776. The van der Waals surface area contributed by atoms with Crippen LogP contribution in [0.1, 0.15) is 20.8 Å². The maximum Gasteiger partial charge on any atom is 0.366 e. The third kappa shape index (κ3) is 3.68. The summed E-state index contributed by atoms with van der Waals surface area (Å²) in [5, 5.41) is 13.8. The molecule has 10 heteroatoms. The SMILES string of the molecule is COc1ccccc1NC(=O)C(C)N1C(=O)C(C)(C)Oc2ccc([N+](=O)[O-])nc21. The lowest BCUT2D eigenvalue weighted by atomic mass is 10.0. The van der Waals surface area contributed by atoms with Crippen LogP contribution in [0, 0.1) is 10.1 Å². The highest BCUT2D eigenvalue weighted by Gasteiger charge is 2.47. The van der Waals surface area contributed by atoms with Crippen LogP contribution < -0.4 is 19.7 Å². The van der Waals surface area contributed by atoms with E-state index in [0.29, 0.717) is 11.4 Å². The van der Waals surface area contributed by atoms with E-state index in [2.05, 4.69) is 10.3 Å². The first-order chi connectivity index (χ1) is 13.7. The van der Waals surface area contributed by atoms with E-state index in [1.807, 2.05) is 0 Å². The van der Waals surface area contributed by atoms with Gasteiger partial charge in [0.25, 0.3) is 11.7 Å². The van der Waals surface area contributed by atoms with E-state index in [1.54, 1.807) is 38.1 Å². The topological polar surface area (TPSA) is 124 Å². The zero-order chi connectivity index (χ0) is 21.3. The Balaban J connectivity index is 1.99. The van der Waals surface area contributed by atoms with E-state index in [0.717, 1.165) is 4.90 Å². The van der Waals surface area contributed by atoms with Crippen LogP contribution in [-0.4, -0.2) is 40.5 Å². The number of para-hydroxylation sites is 2.